The summed E-state index contributed by atoms with van der Waals surface area (Å²) in [4.78, 5) is 4.04. The van der Waals surface area contributed by atoms with Crippen molar-refractivity contribution in [2.24, 2.45) is 0 Å². The molecule has 0 unspecified atom stereocenters. The van der Waals surface area contributed by atoms with E-state index in [1.807, 2.05) is 163 Å². The Kier molecular flexibility index (Phi) is 8.68. The van der Waals surface area contributed by atoms with E-state index in [0.717, 1.165) is 33.0 Å². The molecule has 0 spiro atoms. The third-order valence-electron chi connectivity index (χ3n) is 20.2. The van der Waals surface area contributed by atoms with Gasteiger partial charge in [-0.05, 0) is 146 Å². The number of para-hydroxylation sites is 7. The standard InChI is InChI=1S/C94H63BN4O2/c1-94(2,3)63-53-75(59-27-9-5-10-28-59)91(76(54-63)60-29-11-6-12-30-60)99-84-51-61(58-25-7-4-8-26-58)46-49-77(84)95-78-50-47-64(96-79-39-18-13-31-67(79)68-32-14-19-40-80(68)96)55-85(78)98(86-56-65(57-87(99)90(86)95)97-81-41-20-15-33-69(81)70-34-16-21-42-82(70)97)83-43-24-38-74-73-37-23-36-66(92(73)101-93(74)83)62-45-48-72-71-35-17-22-44-88(71)100-89(72)52-62/h4-57H,1-3H3/i4D,7D,8D,13D,14D,15D,16D,18D,19D,20D,21D,25D,26D,31D,32D,33D,34D,39D,40D,41D,42D. The van der Waals surface area contributed by atoms with Crippen LogP contribution in [0, 0.1) is 0 Å². The molecule has 0 radical (unpaired) electrons. The van der Waals surface area contributed by atoms with Crippen LogP contribution in [0.1, 0.15) is 55.1 Å². The van der Waals surface area contributed by atoms with Crippen LogP contribution in [0.3, 0.4) is 0 Å². The molecule has 6 heterocycles. The average Bonchev–Trinajstić information content (AvgIpc) is 1.03. The van der Waals surface area contributed by atoms with E-state index in [2.05, 4.69) is 37.8 Å². The van der Waals surface area contributed by atoms with Crippen LogP contribution in [0.25, 0.3) is 143 Å². The maximum absolute atomic E-state index is 10.1. The van der Waals surface area contributed by atoms with Crippen LogP contribution in [-0.4, -0.2) is 15.8 Å². The second-order valence-electron chi connectivity index (χ2n) is 26.7. The number of nitrogens with zero attached hydrogens (tertiary/aromatic N) is 4. The first kappa shape index (κ1) is 40.2. The summed E-state index contributed by atoms with van der Waals surface area (Å²) in [5.41, 5.74) is 10.4. The van der Waals surface area contributed by atoms with E-state index >= 15 is 0 Å². The first-order valence-corrected chi connectivity index (χ1v) is 33.3. The molecule has 4 aromatic heterocycles. The van der Waals surface area contributed by atoms with Gasteiger partial charge in [0.05, 0.1) is 67.9 Å². The maximum atomic E-state index is 10.1. The second-order valence-corrected chi connectivity index (χ2v) is 26.7. The SMILES string of the molecule is [2H]c1c([2H])c([2H])c(-c2ccc3c(c2)N(c2c(-c4ccccc4)cc(C(C)(C)C)cc2-c2ccccc2)c2cc(-n4c5c([2H])c([2H])c([2H])c([2H])c5c5c([2H])c([2H])c([2H])c([2H])c54)cc4c2B3c2ccc(-n3c5c([2H])c([2H])c([2H])c([2H])c5c5c([2H])c([2H])c([2H])c([2H])c53)cc2N4c2cccc3c2oc2c(-c4ccc5c(c4)oc4ccccc45)cccc23)c([2H])c1[2H]. The number of furan rings is 2. The fraction of sp³-hybridized carbons (Fsp3) is 0.0426. The normalized spacial score (nSPS) is 15.8. The summed E-state index contributed by atoms with van der Waals surface area (Å²) in [5.74, 6) is 0. The number of fused-ring (bicyclic) bond motifs is 16. The molecule has 0 fully saturated rings. The third-order valence-corrected chi connectivity index (χ3v) is 20.2. The molecule has 0 saturated heterocycles. The minimum atomic E-state index is -1.00. The van der Waals surface area contributed by atoms with Crippen molar-refractivity contribution in [3.05, 3.63) is 333 Å². The van der Waals surface area contributed by atoms with Gasteiger partial charge in [-0.3, -0.25) is 0 Å². The van der Waals surface area contributed by atoms with Gasteiger partial charge >= 0.3 is 0 Å². The molecule has 15 aromatic carbocycles. The monoisotopic (exact) mass is 1310 g/mol. The van der Waals surface area contributed by atoms with Gasteiger partial charge in [0.1, 0.15) is 16.7 Å². The summed E-state index contributed by atoms with van der Waals surface area (Å²) in [6.07, 6.45) is 0. The van der Waals surface area contributed by atoms with Gasteiger partial charge in [0.2, 0.25) is 0 Å². The molecule has 0 aliphatic carbocycles. The number of rotatable bonds is 8. The minimum Gasteiger partial charge on any atom is -0.456 e. The zero-order valence-electron chi connectivity index (χ0n) is 75.2. The fourth-order valence-corrected chi connectivity index (χ4v) is 15.7. The Labute approximate surface area is 613 Å². The van der Waals surface area contributed by atoms with Gasteiger partial charge in [0.15, 0.2) is 5.58 Å². The van der Waals surface area contributed by atoms with Crippen molar-refractivity contribution in [1.29, 1.82) is 0 Å². The first-order valence-electron chi connectivity index (χ1n) is 43.8. The molecule has 7 heteroatoms. The lowest BCUT2D eigenvalue weighted by Gasteiger charge is -2.45. The van der Waals surface area contributed by atoms with Crippen LogP contribution in [0.15, 0.2) is 336 Å². The molecule has 0 saturated carbocycles. The Balaban J connectivity index is 0.983. The van der Waals surface area contributed by atoms with Crippen molar-refractivity contribution >= 4 is 145 Å². The predicted octanol–water partition coefficient (Wildman–Crippen LogP) is 23.7. The topological polar surface area (TPSA) is 42.6 Å². The molecule has 0 N–H and O–H groups in total. The highest BCUT2D eigenvalue weighted by atomic mass is 16.3. The van der Waals surface area contributed by atoms with Crippen molar-refractivity contribution < 1.29 is 37.6 Å². The molecule has 6 nitrogen and oxygen atoms in total. The van der Waals surface area contributed by atoms with E-state index < -0.39 is 139 Å². The fourth-order valence-electron chi connectivity index (χ4n) is 15.7. The number of benzene rings is 15. The Morgan fingerprint density at radius 2 is 0.822 bits per heavy atom. The zero-order chi connectivity index (χ0) is 85.0. The van der Waals surface area contributed by atoms with Crippen molar-refractivity contribution in [2.45, 2.75) is 26.2 Å². The lowest BCUT2D eigenvalue weighted by molar-refractivity contribution is 0.591. The molecular formula is C94H63BN4O2. The molecule has 2 aliphatic heterocycles. The van der Waals surface area contributed by atoms with Gasteiger partial charge in [-0.1, -0.05) is 257 Å². The van der Waals surface area contributed by atoms with Crippen LogP contribution in [-0.2, 0) is 5.41 Å². The highest BCUT2D eigenvalue weighted by molar-refractivity contribution is 7.00. The molecule has 21 rings (SSSR count). The number of aromatic nitrogens is 2. The highest BCUT2D eigenvalue weighted by Gasteiger charge is 2.46. The zero-order valence-corrected chi connectivity index (χ0v) is 54.2. The minimum absolute atomic E-state index is 0.0793. The van der Waals surface area contributed by atoms with E-state index in [4.69, 9.17) is 15.7 Å². The smallest absolute Gasteiger partial charge is 0.252 e. The molecule has 474 valence electrons. The molecule has 0 amide bonds. The van der Waals surface area contributed by atoms with E-state index in [0.29, 0.717) is 100 Å². The van der Waals surface area contributed by atoms with Crippen LogP contribution in [0.2, 0.25) is 0 Å². The number of hydrogen-bond acceptors (Lipinski definition) is 4. The van der Waals surface area contributed by atoms with Gasteiger partial charge in [-0.2, -0.15) is 0 Å². The Bertz CT molecular complexity index is 7750. The van der Waals surface area contributed by atoms with E-state index in [1.165, 1.54) is 9.13 Å². The van der Waals surface area contributed by atoms with Crippen LogP contribution < -0.4 is 26.2 Å². The van der Waals surface area contributed by atoms with Gasteiger partial charge in [-0.15, -0.1) is 0 Å². The van der Waals surface area contributed by atoms with Crippen LogP contribution in [0.4, 0.5) is 34.1 Å². The van der Waals surface area contributed by atoms with Crippen molar-refractivity contribution in [3.63, 3.8) is 0 Å². The number of hydrogen-bond donors (Lipinski definition) is 0. The van der Waals surface area contributed by atoms with Crippen molar-refractivity contribution in [3.8, 4) is 55.9 Å². The largest absolute Gasteiger partial charge is 0.456 e. The molecule has 0 atom stereocenters. The maximum Gasteiger partial charge on any atom is 0.252 e. The summed E-state index contributed by atoms with van der Waals surface area (Å²) in [7, 11) is 0. The Hall–Kier alpha value is -12.8. The van der Waals surface area contributed by atoms with E-state index in [-0.39, 0.29) is 66.1 Å². The second kappa shape index (κ2) is 21.8. The molecule has 0 bridgehead atoms. The van der Waals surface area contributed by atoms with E-state index in [1.54, 1.807) is 30.3 Å². The van der Waals surface area contributed by atoms with Gasteiger partial charge in [0.25, 0.3) is 6.71 Å². The first-order chi connectivity index (χ1) is 58.5. The van der Waals surface area contributed by atoms with Crippen LogP contribution in [0.5, 0.6) is 0 Å². The van der Waals surface area contributed by atoms with Gasteiger partial charge in [-0.25, -0.2) is 0 Å². The molecular weight excluding hydrogens is 1230 g/mol. The Morgan fingerprint density at radius 1 is 0.317 bits per heavy atom. The predicted molar refractivity (Wildman–Crippen MR) is 424 cm³/mol. The highest BCUT2D eigenvalue weighted by Crippen LogP contribution is 2.54. The summed E-state index contributed by atoms with van der Waals surface area (Å²) in [6, 6.07) is 51.0. The summed E-state index contributed by atoms with van der Waals surface area (Å²) in [5, 5.41) is 2.41. The molecule has 19 aromatic rings. The van der Waals surface area contributed by atoms with Crippen molar-refractivity contribution in [2.75, 3.05) is 9.80 Å². The number of anilines is 6. The summed E-state index contributed by atoms with van der Waals surface area (Å²) < 4.78 is 216. The van der Waals surface area contributed by atoms with Gasteiger partial charge in [0, 0.05) is 88.2 Å². The quantitative estimate of drug-likeness (QED) is 0.142. The van der Waals surface area contributed by atoms with Crippen molar-refractivity contribution in [1.82, 2.24) is 9.13 Å². The van der Waals surface area contributed by atoms with Crippen LogP contribution >= 0.6 is 0 Å². The summed E-state index contributed by atoms with van der Waals surface area (Å²) in [6.45, 7) is 5.36. The summed E-state index contributed by atoms with van der Waals surface area (Å²) >= 11 is 0. The lowest BCUT2D eigenvalue weighted by atomic mass is 9.33. The molecule has 2 aliphatic rings. The molecule has 101 heavy (non-hydrogen) atoms. The average molecular weight is 1310 g/mol. The third kappa shape index (κ3) is 8.60. The van der Waals surface area contributed by atoms with Gasteiger partial charge < -0.3 is 27.8 Å². The van der Waals surface area contributed by atoms with E-state index in [9.17, 15) is 21.9 Å². The lowest BCUT2D eigenvalue weighted by Crippen LogP contribution is -2.61. The Morgan fingerprint density at radius 3 is 1.46 bits per heavy atom.